The van der Waals surface area contributed by atoms with Gasteiger partial charge < -0.3 is 15.4 Å². The number of guanidine groups is 1. The van der Waals surface area contributed by atoms with Gasteiger partial charge in [-0.15, -0.1) is 35.3 Å². The molecule has 0 radical (unpaired) electrons. The number of aryl methyl sites for hydroxylation is 1. The average Bonchev–Trinajstić information content (AvgIpc) is 3.03. The molecule has 0 aliphatic carbocycles. The second kappa shape index (κ2) is 12.3. The van der Waals surface area contributed by atoms with Gasteiger partial charge >= 0.3 is 0 Å². The average molecular weight is 509 g/mol. The lowest BCUT2D eigenvalue weighted by Gasteiger charge is -2.20. The minimum Gasteiger partial charge on any atom is -0.487 e. The molecule has 0 spiro atoms. The van der Waals surface area contributed by atoms with Crippen LogP contribution in [0, 0.1) is 6.92 Å². The second-order valence-electron chi connectivity index (χ2n) is 5.52. The summed E-state index contributed by atoms with van der Waals surface area (Å²) in [6, 6.07) is 7.53. The summed E-state index contributed by atoms with van der Waals surface area (Å²) in [6.45, 7) is 8.19. The molecule has 1 heterocycles. The zero-order valence-electron chi connectivity index (χ0n) is 15.3. The number of rotatable bonds is 8. The topological polar surface area (TPSA) is 58.5 Å². The molecule has 0 saturated heterocycles. The van der Waals surface area contributed by atoms with Gasteiger partial charge in [-0.05, 0) is 32.4 Å². The van der Waals surface area contributed by atoms with Crippen molar-refractivity contribution in [2.75, 3.05) is 13.1 Å². The third-order valence-corrected chi connectivity index (χ3v) is 4.68. The van der Waals surface area contributed by atoms with Gasteiger partial charge in [0.15, 0.2) is 5.96 Å². The summed E-state index contributed by atoms with van der Waals surface area (Å²) in [5.41, 5.74) is 0. The first-order valence-electron chi connectivity index (χ1n) is 8.47. The molecule has 2 rings (SSSR count). The molecule has 0 saturated carbocycles. The van der Waals surface area contributed by atoms with Crippen molar-refractivity contribution in [1.82, 2.24) is 15.6 Å². The highest BCUT2D eigenvalue weighted by Crippen LogP contribution is 2.24. The minimum atomic E-state index is 0. The lowest BCUT2D eigenvalue weighted by atomic mass is 10.2. The first kappa shape index (κ1) is 23.0. The zero-order chi connectivity index (χ0) is 18.1. The molecule has 1 aromatic carbocycles. The normalized spacial score (nSPS) is 12.2. The van der Waals surface area contributed by atoms with Gasteiger partial charge in [-0.3, -0.25) is 0 Å². The molecule has 0 aliphatic heterocycles. The highest BCUT2D eigenvalue weighted by Gasteiger charge is 2.11. The molecule has 144 valence electrons. The molecule has 26 heavy (non-hydrogen) atoms. The molecule has 8 heteroatoms. The maximum Gasteiger partial charge on any atom is 0.191 e. The van der Waals surface area contributed by atoms with Gasteiger partial charge in [-0.2, -0.15) is 0 Å². The van der Waals surface area contributed by atoms with Crippen LogP contribution in [0.3, 0.4) is 0 Å². The van der Waals surface area contributed by atoms with Crippen LogP contribution in [0.5, 0.6) is 5.75 Å². The zero-order valence-corrected chi connectivity index (χ0v) is 19.2. The summed E-state index contributed by atoms with van der Waals surface area (Å²) < 4.78 is 6.00. The van der Waals surface area contributed by atoms with Crippen molar-refractivity contribution in [3.63, 3.8) is 0 Å². The number of thiazole rings is 1. The van der Waals surface area contributed by atoms with Gasteiger partial charge in [0.05, 0.1) is 18.1 Å². The molecule has 2 N–H and O–H groups in total. The van der Waals surface area contributed by atoms with Crippen LogP contribution in [-0.2, 0) is 6.54 Å². The highest BCUT2D eigenvalue weighted by atomic mass is 127. The monoisotopic (exact) mass is 508 g/mol. The number of aliphatic imine (C=N–C) groups is 1. The summed E-state index contributed by atoms with van der Waals surface area (Å²) >= 11 is 7.84. The molecule has 5 nitrogen and oxygen atoms in total. The van der Waals surface area contributed by atoms with Crippen LogP contribution in [0.15, 0.2) is 35.5 Å². The number of nitrogens with one attached hydrogen (secondary N) is 2. The molecule has 0 aliphatic rings. The Labute approximate surface area is 181 Å². The number of aromatic nitrogens is 1. The third-order valence-electron chi connectivity index (χ3n) is 3.47. The van der Waals surface area contributed by atoms with Crippen LogP contribution in [0.2, 0.25) is 5.02 Å². The summed E-state index contributed by atoms with van der Waals surface area (Å²) in [7, 11) is 0. The molecular weight excluding hydrogens is 483 g/mol. The first-order valence-corrected chi connectivity index (χ1v) is 9.66. The van der Waals surface area contributed by atoms with E-state index >= 15 is 0 Å². The number of benzene rings is 1. The summed E-state index contributed by atoms with van der Waals surface area (Å²) in [5, 5.41) is 8.22. The van der Waals surface area contributed by atoms with Crippen molar-refractivity contribution in [3.05, 3.63) is 45.4 Å². The lowest BCUT2D eigenvalue weighted by Crippen LogP contribution is -2.42. The van der Waals surface area contributed by atoms with E-state index in [0.717, 1.165) is 23.9 Å². The number of hydrogen-bond acceptors (Lipinski definition) is 4. The Morgan fingerprint density at radius 2 is 2.08 bits per heavy atom. The largest absolute Gasteiger partial charge is 0.487 e. The van der Waals surface area contributed by atoms with Crippen molar-refractivity contribution in [1.29, 1.82) is 0 Å². The van der Waals surface area contributed by atoms with Crippen molar-refractivity contribution in [3.8, 4) is 5.75 Å². The van der Waals surface area contributed by atoms with Crippen molar-refractivity contribution in [2.45, 2.75) is 39.8 Å². The summed E-state index contributed by atoms with van der Waals surface area (Å²) in [5.74, 6) is 1.47. The van der Waals surface area contributed by atoms with E-state index in [4.69, 9.17) is 16.3 Å². The standard InChI is InChI=1S/C18H25ClN4OS.HI/c1-4-14(24-16-9-7-6-8-15(16)19)11-22-18(20-5-2)23-12-17-21-10-13(3)25-17;/h6-10,14H,4-5,11-12H2,1-3H3,(H2,20,22,23);1H. The first-order chi connectivity index (χ1) is 12.1. The molecule has 1 unspecified atom stereocenters. The van der Waals surface area contributed by atoms with Crippen molar-refractivity contribution >= 4 is 52.9 Å². The summed E-state index contributed by atoms with van der Waals surface area (Å²) in [6.07, 6.45) is 2.75. The number of ether oxygens (including phenoxy) is 1. The SMILES string of the molecule is CCNC(=NCc1ncc(C)s1)NCC(CC)Oc1ccccc1Cl.I. The van der Waals surface area contributed by atoms with Crippen LogP contribution in [0.4, 0.5) is 0 Å². The van der Waals surface area contributed by atoms with Crippen molar-refractivity contribution in [2.24, 2.45) is 4.99 Å². The van der Waals surface area contributed by atoms with E-state index in [1.807, 2.05) is 44.3 Å². The van der Waals surface area contributed by atoms with E-state index < -0.39 is 0 Å². The molecule has 1 aromatic heterocycles. The van der Waals surface area contributed by atoms with E-state index in [2.05, 4.69) is 27.5 Å². The molecule has 1 atom stereocenters. The predicted octanol–water partition coefficient (Wildman–Crippen LogP) is 4.64. The molecule has 0 fully saturated rings. The quantitative estimate of drug-likeness (QED) is 0.310. The number of nitrogens with zero attached hydrogens (tertiary/aromatic N) is 2. The van der Waals surface area contributed by atoms with Crippen molar-refractivity contribution < 1.29 is 4.74 Å². The Morgan fingerprint density at radius 1 is 1.31 bits per heavy atom. The van der Waals surface area contributed by atoms with E-state index in [9.17, 15) is 0 Å². The van der Waals surface area contributed by atoms with E-state index in [1.54, 1.807) is 11.3 Å². The Hall–Kier alpha value is -1.06. The predicted molar refractivity (Wildman–Crippen MR) is 121 cm³/mol. The molecule has 0 bridgehead atoms. The number of halogens is 2. The number of hydrogen-bond donors (Lipinski definition) is 2. The Balaban J connectivity index is 0.00000338. The fourth-order valence-electron chi connectivity index (χ4n) is 2.16. The van der Waals surface area contributed by atoms with Gasteiger partial charge in [0.2, 0.25) is 0 Å². The van der Waals surface area contributed by atoms with Crippen LogP contribution in [0.25, 0.3) is 0 Å². The minimum absolute atomic E-state index is 0. The lowest BCUT2D eigenvalue weighted by molar-refractivity contribution is 0.199. The van der Waals surface area contributed by atoms with Gasteiger partial charge in [0.1, 0.15) is 16.9 Å². The van der Waals surface area contributed by atoms with Gasteiger partial charge in [0.25, 0.3) is 0 Å². The Kier molecular flexibility index (Phi) is 10.9. The van der Waals surface area contributed by atoms with Crippen LogP contribution < -0.4 is 15.4 Å². The Morgan fingerprint density at radius 3 is 2.69 bits per heavy atom. The highest BCUT2D eigenvalue weighted by molar-refractivity contribution is 14.0. The van der Waals surface area contributed by atoms with Gasteiger partial charge in [-0.1, -0.05) is 30.7 Å². The van der Waals surface area contributed by atoms with E-state index in [1.165, 1.54) is 4.88 Å². The third kappa shape index (κ3) is 7.67. The van der Waals surface area contributed by atoms with E-state index in [-0.39, 0.29) is 30.1 Å². The molecule has 0 amide bonds. The molecular formula is C18H26ClIN4OS. The Bertz CT molecular complexity index is 695. The fraction of sp³-hybridized carbons (Fsp3) is 0.444. The van der Waals surface area contributed by atoms with Crippen LogP contribution in [-0.4, -0.2) is 30.1 Å². The van der Waals surface area contributed by atoms with Gasteiger partial charge in [0, 0.05) is 17.6 Å². The van der Waals surface area contributed by atoms with Crippen LogP contribution in [0.1, 0.15) is 30.2 Å². The fourth-order valence-corrected chi connectivity index (χ4v) is 3.05. The summed E-state index contributed by atoms with van der Waals surface area (Å²) in [4.78, 5) is 10.1. The van der Waals surface area contributed by atoms with E-state index in [0.29, 0.717) is 23.9 Å². The number of para-hydroxylation sites is 1. The van der Waals surface area contributed by atoms with Crippen LogP contribution >= 0.6 is 46.9 Å². The molecule has 2 aromatic rings. The van der Waals surface area contributed by atoms with Gasteiger partial charge in [-0.25, -0.2) is 9.98 Å². The maximum atomic E-state index is 6.17. The maximum absolute atomic E-state index is 6.17. The second-order valence-corrected chi connectivity index (χ2v) is 7.25. The smallest absolute Gasteiger partial charge is 0.191 e.